The van der Waals surface area contributed by atoms with Crippen LogP contribution in [0, 0.1) is 5.21 Å². The van der Waals surface area contributed by atoms with Crippen molar-refractivity contribution in [2.24, 2.45) is 0 Å². The van der Waals surface area contributed by atoms with Crippen LogP contribution in [0.4, 0.5) is 0 Å². The van der Waals surface area contributed by atoms with E-state index < -0.39 is 0 Å². The quantitative estimate of drug-likeness (QED) is 0.589. The molecular formula is C10H10N2O2S. The van der Waals surface area contributed by atoms with Gasteiger partial charge in [-0.3, -0.25) is 4.63 Å². The lowest BCUT2D eigenvalue weighted by Gasteiger charge is -1.96. The summed E-state index contributed by atoms with van der Waals surface area (Å²) in [6, 6.07) is 9.38. The van der Waals surface area contributed by atoms with Crippen LogP contribution in [-0.4, -0.2) is 10.9 Å². The maximum absolute atomic E-state index is 11.4. The second kappa shape index (κ2) is 4.35. The molecule has 4 nitrogen and oxygen atoms in total. The second-order valence-electron chi connectivity index (χ2n) is 2.88. The molecule has 0 radical (unpaired) electrons. The Balaban J connectivity index is 2.47. The molecule has 1 heterocycles. The van der Waals surface area contributed by atoms with E-state index in [1.807, 2.05) is 37.3 Å². The minimum Gasteiger partial charge on any atom is -0.359 e. The van der Waals surface area contributed by atoms with Gasteiger partial charge in [0.05, 0.1) is 5.16 Å². The van der Waals surface area contributed by atoms with Crippen molar-refractivity contribution < 1.29 is 9.53 Å². The molecule has 0 fully saturated rings. The number of hydrogen-bond donors (Lipinski definition) is 0. The van der Waals surface area contributed by atoms with E-state index in [0.29, 0.717) is 15.6 Å². The molecule has 0 spiro atoms. The zero-order chi connectivity index (χ0) is 10.7. The largest absolute Gasteiger partial charge is 0.359 e. The standard InChI is InChI=1S/C10H10N2O2S/c1-2-15-10-9(12(13)14-11-10)8-6-4-3-5-7-8/h3-7H,2H2,1H3. The lowest BCUT2D eigenvalue weighted by Crippen LogP contribution is -2.25. The van der Waals surface area contributed by atoms with Crippen molar-refractivity contribution in [2.75, 3.05) is 5.75 Å². The first-order valence-corrected chi connectivity index (χ1v) is 5.59. The molecule has 0 aliphatic heterocycles. The summed E-state index contributed by atoms with van der Waals surface area (Å²) in [5.41, 5.74) is 1.31. The highest BCUT2D eigenvalue weighted by molar-refractivity contribution is 7.99. The molecule has 0 saturated heterocycles. The summed E-state index contributed by atoms with van der Waals surface area (Å²) in [6.07, 6.45) is 0. The van der Waals surface area contributed by atoms with Gasteiger partial charge in [0.1, 0.15) is 0 Å². The molecule has 0 saturated carbocycles. The number of aromatic nitrogens is 2. The normalized spacial score (nSPS) is 10.5. The SMILES string of the molecule is CCSc1no[n+]([O-])c1-c1ccccc1. The molecule has 0 amide bonds. The fourth-order valence-corrected chi connectivity index (χ4v) is 1.98. The highest BCUT2D eigenvalue weighted by Crippen LogP contribution is 2.26. The van der Waals surface area contributed by atoms with E-state index in [9.17, 15) is 5.21 Å². The number of nitrogens with zero attached hydrogens (tertiary/aromatic N) is 2. The minimum absolute atomic E-state index is 0.452. The Bertz CT molecular complexity index is 442. The Morgan fingerprint density at radius 3 is 2.80 bits per heavy atom. The van der Waals surface area contributed by atoms with Crippen LogP contribution in [0.2, 0.25) is 0 Å². The van der Waals surface area contributed by atoms with Gasteiger partial charge < -0.3 is 5.21 Å². The molecule has 0 atom stereocenters. The summed E-state index contributed by atoms with van der Waals surface area (Å²) in [5.74, 6) is 0.854. The highest BCUT2D eigenvalue weighted by Gasteiger charge is 2.20. The Morgan fingerprint density at radius 1 is 1.40 bits per heavy atom. The third-order valence-electron chi connectivity index (χ3n) is 1.91. The van der Waals surface area contributed by atoms with E-state index in [-0.39, 0.29) is 0 Å². The van der Waals surface area contributed by atoms with Gasteiger partial charge in [-0.2, -0.15) is 0 Å². The molecule has 0 aliphatic rings. The molecule has 1 aromatic heterocycles. The van der Waals surface area contributed by atoms with Gasteiger partial charge in [-0.05, 0) is 10.7 Å². The summed E-state index contributed by atoms with van der Waals surface area (Å²) in [6.45, 7) is 2.00. The van der Waals surface area contributed by atoms with Crippen molar-refractivity contribution in [3.63, 3.8) is 0 Å². The number of thioether (sulfide) groups is 1. The average molecular weight is 222 g/mol. The smallest absolute Gasteiger partial charge is 0.282 e. The molecular weight excluding hydrogens is 212 g/mol. The Hall–Kier alpha value is -1.49. The molecule has 0 N–H and O–H groups in total. The zero-order valence-corrected chi connectivity index (χ0v) is 9.03. The number of rotatable bonds is 3. The molecule has 1 aromatic carbocycles. The van der Waals surface area contributed by atoms with Gasteiger partial charge in [-0.25, -0.2) is 0 Å². The molecule has 15 heavy (non-hydrogen) atoms. The van der Waals surface area contributed by atoms with Crippen LogP contribution >= 0.6 is 11.8 Å². The summed E-state index contributed by atoms with van der Waals surface area (Å²) in [5, 5.41) is 15.7. The van der Waals surface area contributed by atoms with Gasteiger partial charge in [0, 0.05) is 5.56 Å². The van der Waals surface area contributed by atoms with Crippen LogP contribution < -0.4 is 4.90 Å². The van der Waals surface area contributed by atoms with E-state index in [1.54, 1.807) is 0 Å². The van der Waals surface area contributed by atoms with Gasteiger partial charge in [0.2, 0.25) is 5.69 Å². The first-order valence-electron chi connectivity index (χ1n) is 4.61. The van der Waals surface area contributed by atoms with E-state index >= 15 is 0 Å². The predicted molar refractivity (Wildman–Crippen MR) is 57.3 cm³/mol. The molecule has 5 heteroatoms. The fraction of sp³-hybridized carbons (Fsp3) is 0.200. The number of benzene rings is 1. The maximum Gasteiger partial charge on any atom is 0.282 e. The molecule has 0 aliphatic carbocycles. The first-order chi connectivity index (χ1) is 7.33. The lowest BCUT2D eigenvalue weighted by molar-refractivity contribution is -0.793. The Labute approximate surface area is 91.4 Å². The molecule has 78 valence electrons. The molecule has 2 aromatic rings. The third kappa shape index (κ3) is 1.97. The lowest BCUT2D eigenvalue weighted by atomic mass is 10.2. The predicted octanol–water partition coefficient (Wildman–Crippen LogP) is 2.09. The maximum atomic E-state index is 11.4. The van der Waals surface area contributed by atoms with Crippen LogP contribution in [0.15, 0.2) is 40.0 Å². The topological polar surface area (TPSA) is 53.0 Å². The van der Waals surface area contributed by atoms with Crippen molar-refractivity contribution in [3.8, 4) is 11.3 Å². The fourth-order valence-electron chi connectivity index (χ4n) is 1.29. The van der Waals surface area contributed by atoms with Gasteiger partial charge in [-0.15, -0.1) is 0 Å². The van der Waals surface area contributed by atoms with Crippen molar-refractivity contribution in [1.82, 2.24) is 5.16 Å². The Morgan fingerprint density at radius 2 is 2.13 bits per heavy atom. The van der Waals surface area contributed by atoms with Gasteiger partial charge in [0.15, 0.2) is 0 Å². The third-order valence-corrected chi connectivity index (χ3v) is 2.74. The monoisotopic (exact) mass is 222 g/mol. The van der Waals surface area contributed by atoms with E-state index in [2.05, 4.69) is 9.79 Å². The van der Waals surface area contributed by atoms with E-state index in [4.69, 9.17) is 0 Å². The molecule has 0 unspecified atom stereocenters. The van der Waals surface area contributed by atoms with E-state index in [1.165, 1.54) is 11.8 Å². The van der Waals surface area contributed by atoms with Gasteiger partial charge in [0.25, 0.3) is 5.03 Å². The van der Waals surface area contributed by atoms with Crippen LogP contribution in [-0.2, 0) is 0 Å². The summed E-state index contributed by atoms with van der Waals surface area (Å²) >= 11 is 1.49. The second-order valence-corrected chi connectivity index (χ2v) is 4.14. The zero-order valence-electron chi connectivity index (χ0n) is 8.21. The van der Waals surface area contributed by atoms with Crippen molar-refractivity contribution >= 4 is 11.8 Å². The summed E-state index contributed by atoms with van der Waals surface area (Å²) in [4.78, 5) is 0.452. The van der Waals surface area contributed by atoms with Crippen molar-refractivity contribution in [2.45, 2.75) is 11.9 Å². The van der Waals surface area contributed by atoms with Crippen LogP contribution in [0.25, 0.3) is 11.3 Å². The highest BCUT2D eigenvalue weighted by atomic mass is 32.2. The van der Waals surface area contributed by atoms with Gasteiger partial charge >= 0.3 is 0 Å². The number of hydrogen-bond acceptors (Lipinski definition) is 4. The van der Waals surface area contributed by atoms with Crippen LogP contribution in [0.5, 0.6) is 0 Å². The van der Waals surface area contributed by atoms with Gasteiger partial charge in [-0.1, -0.05) is 49.0 Å². The average Bonchev–Trinajstić information content (AvgIpc) is 2.62. The van der Waals surface area contributed by atoms with Crippen LogP contribution in [0.1, 0.15) is 6.92 Å². The van der Waals surface area contributed by atoms with Crippen LogP contribution in [0.3, 0.4) is 0 Å². The Kier molecular flexibility index (Phi) is 2.91. The van der Waals surface area contributed by atoms with E-state index in [0.717, 1.165) is 11.3 Å². The molecule has 2 rings (SSSR count). The van der Waals surface area contributed by atoms with Crippen molar-refractivity contribution in [3.05, 3.63) is 35.5 Å². The summed E-state index contributed by atoms with van der Waals surface area (Å²) < 4.78 is 4.59. The van der Waals surface area contributed by atoms with Crippen molar-refractivity contribution in [1.29, 1.82) is 0 Å². The first kappa shape index (κ1) is 10.0. The minimum atomic E-state index is 0.452. The summed E-state index contributed by atoms with van der Waals surface area (Å²) in [7, 11) is 0. The molecule has 0 bridgehead atoms.